The van der Waals surface area contributed by atoms with Crippen LogP contribution < -0.4 is 16.0 Å². The predicted molar refractivity (Wildman–Crippen MR) is 150 cm³/mol. The van der Waals surface area contributed by atoms with Crippen LogP contribution >= 0.6 is 11.3 Å². The Bertz CT molecular complexity index is 999. The van der Waals surface area contributed by atoms with Crippen LogP contribution in [-0.2, 0) is 18.8 Å². The van der Waals surface area contributed by atoms with Crippen molar-refractivity contribution >= 4 is 42.6 Å². The topological polar surface area (TPSA) is 173 Å². The Kier molecular flexibility index (Phi) is 12.2. The molecule has 1 aliphatic heterocycles. The zero-order chi connectivity index (χ0) is 28.3. The van der Waals surface area contributed by atoms with Crippen LogP contribution in [0.25, 0.3) is 10.4 Å². The number of rotatable bonds is 13. The molecule has 1 fully saturated rings. The quantitative estimate of drug-likeness (QED) is 0.0680. The Morgan fingerprint density at radius 1 is 1.29 bits per heavy atom. The Morgan fingerprint density at radius 3 is 2.61 bits per heavy atom. The van der Waals surface area contributed by atoms with Crippen molar-refractivity contribution in [2.45, 2.75) is 89.5 Å². The summed E-state index contributed by atoms with van der Waals surface area (Å²) in [6, 6.07) is -0.961. The summed E-state index contributed by atoms with van der Waals surface area (Å²) in [5.41, 5.74) is 14.2. The van der Waals surface area contributed by atoms with E-state index < -0.39 is 26.3 Å². The summed E-state index contributed by atoms with van der Waals surface area (Å²) >= 11 is 1.31. The van der Waals surface area contributed by atoms with E-state index in [1.165, 1.54) is 11.3 Å². The Hall–Kier alpha value is -2.51. The first-order chi connectivity index (χ1) is 17.8. The van der Waals surface area contributed by atoms with Crippen molar-refractivity contribution < 1.29 is 23.5 Å². The third kappa shape index (κ3) is 9.99. The van der Waals surface area contributed by atoms with Crippen molar-refractivity contribution in [3.8, 4) is 0 Å². The number of esters is 2. The molecule has 0 aromatic carbocycles. The van der Waals surface area contributed by atoms with Crippen LogP contribution in [0, 0.1) is 0 Å². The van der Waals surface area contributed by atoms with Gasteiger partial charge >= 0.3 is 11.9 Å². The number of anilines is 1. The fourth-order valence-electron chi connectivity index (χ4n) is 3.51. The lowest BCUT2D eigenvalue weighted by molar-refractivity contribution is -0.140. The normalized spacial score (nSPS) is 15.5. The molecular formula is C24H41N7O5SSi. The second-order valence-corrected chi connectivity index (χ2v) is 16.6. The van der Waals surface area contributed by atoms with Gasteiger partial charge in [0.1, 0.15) is 6.04 Å². The number of aromatic nitrogens is 1. The van der Waals surface area contributed by atoms with Crippen molar-refractivity contribution in [2.75, 3.05) is 31.1 Å². The van der Waals surface area contributed by atoms with E-state index in [0.717, 1.165) is 32.1 Å². The number of nitrogens with zero attached hydrogens (tertiary/aromatic N) is 5. The highest BCUT2D eigenvalue weighted by Crippen LogP contribution is 2.36. The van der Waals surface area contributed by atoms with E-state index in [1.54, 1.807) is 5.38 Å². The second-order valence-electron chi connectivity index (χ2n) is 11.0. The van der Waals surface area contributed by atoms with Gasteiger partial charge in [-0.15, -0.1) is 11.3 Å². The number of hydrogen-bond acceptors (Lipinski definition) is 10. The summed E-state index contributed by atoms with van der Waals surface area (Å²) in [6.07, 6.45) is 4.39. The number of carbonyl (C=O) groups is 3. The summed E-state index contributed by atoms with van der Waals surface area (Å²) in [5, 5.41) is 8.77. The van der Waals surface area contributed by atoms with Crippen molar-refractivity contribution in [1.29, 1.82) is 0 Å². The molecule has 2 heterocycles. The van der Waals surface area contributed by atoms with Gasteiger partial charge in [-0.05, 0) is 49.3 Å². The van der Waals surface area contributed by atoms with E-state index in [9.17, 15) is 14.4 Å². The van der Waals surface area contributed by atoms with Crippen LogP contribution in [0.5, 0.6) is 0 Å². The fourth-order valence-corrected chi connectivity index (χ4v) is 5.39. The highest BCUT2D eigenvalue weighted by Gasteiger charge is 2.38. The molecule has 12 nitrogen and oxygen atoms in total. The largest absolute Gasteiger partial charge is 0.415 e. The first-order valence-electron chi connectivity index (χ1n) is 13.0. The monoisotopic (exact) mass is 567 g/mol. The van der Waals surface area contributed by atoms with Gasteiger partial charge in [0.2, 0.25) is 5.91 Å². The first kappa shape index (κ1) is 31.7. The highest BCUT2D eigenvalue weighted by atomic mass is 32.1. The predicted octanol–water partition coefficient (Wildman–Crippen LogP) is 4.13. The maximum atomic E-state index is 12.5. The van der Waals surface area contributed by atoms with Crippen LogP contribution in [0.1, 0.15) is 69.8 Å². The van der Waals surface area contributed by atoms with Gasteiger partial charge in [0.05, 0.1) is 6.61 Å². The summed E-state index contributed by atoms with van der Waals surface area (Å²) in [4.78, 5) is 46.1. The fraction of sp³-hybridized carbons (Fsp3) is 0.750. The molecule has 1 saturated heterocycles. The average Bonchev–Trinajstić information content (AvgIpc) is 3.35. The number of piperidine rings is 1. The molecule has 38 heavy (non-hydrogen) atoms. The van der Waals surface area contributed by atoms with Gasteiger partial charge in [0.15, 0.2) is 19.1 Å². The molecule has 14 heteroatoms. The number of thiazole rings is 1. The molecule has 0 spiro atoms. The van der Waals surface area contributed by atoms with Gasteiger partial charge in [-0.25, -0.2) is 14.6 Å². The number of nitrogens with one attached hydrogen (secondary N) is 1. The number of ether oxygens (including phenoxy) is 1. The first-order valence-corrected chi connectivity index (χ1v) is 16.8. The molecule has 212 valence electrons. The zero-order valence-corrected chi connectivity index (χ0v) is 24.9. The highest BCUT2D eigenvalue weighted by molar-refractivity contribution is 7.13. The number of carbonyl (C=O) groups excluding carboxylic acids is 3. The van der Waals surface area contributed by atoms with E-state index in [0.29, 0.717) is 31.2 Å². The summed E-state index contributed by atoms with van der Waals surface area (Å²) in [6.45, 7) is 12.2. The minimum atomic E-state index is -2.08. The second kappa shape index (κ2) is 14.6. The molecule has 2 rings (SSSR count). The molecule has 1 aliphatic rings. The van der Waals surface area contributed by atoms with Crippen molar-refractivity contribution in [3.63, 3.8) is 0 Å². The molecule has 0 saturated carbocycles. The molecule has 0 bridgehead atoms. The van der Waals surface area contributed by atoms with Gasteiger partial charge in [-0.1, -0.05) is 32.3 Å². The summed E-state index contributed by atoms with van der Waals surface area (Å²) < 4.78 is 10.9. The average molecular weight is 568 g/mol. The Balaban J connectivity index is 1.74. The Labute approximate surface area is 229 Å². The van der Waals surface area contributed by atoms with Crippen molar-refractivity contribution in [1.82, 2.24) is 10.3 Å². The molecule has 0 unspecified atom stereocenters. The number of azide groups is 1. The van der Waals surface area contributed by atoms with Crippen LogP contribution in [0.3, 0.4) is 0 Å². The van der Waals surface area contributed by atoms with E-state index >= 15 is 0 Å². The van der Waals surface area contributed by atoms with Gasteiger partial charge in [0, 0.05) is 42.4 Å². The number of nitrogens with two attached hydrogens (primary N) is 1. The lowest BCUT2D eigenvalue weighted by Gasteiger charge is -2.36. The zero-order valence-electron chi connectivity index (χ0n) is 23.1. The molecular weight excluding hydrogens is 526 g/mol. The van der Waals surface area contributed by atoms with Crippen molar-refractivity contribution in [2.24, 2.45) is 10.8 Å². The van der Waals surface area contributed by atoms with E-state index in [-0.39, 0.29) is 29.3 Å². The number of amides is 1. The van der Waals surface area contributed by atoms with Gasteiger partial charge in [-0.2, -0.15) is 0 Å². The molecule has 1 amide bonds. The molecule has 3 N–H and O–H groups in total. The summed E-state index contributed by atoms with van der Waals surface area (Å²) in [5.74, 6) is -1.64. The third-order valence-electron chi connectivity index (χ3n) is 6.98. The molecule has 1 aromatic rings. The SMILES string of the molecule is CC(C)(C)[Si](C)(C)OC[C@H](N)C(=O)OC(=O)c1csc(N2CCC(NC(=O)CCCCCN=[N+]=[N-])CC2)n1. The molecule has 1 atom stereocenters. The smallest absolute Gasteiger partial charge is 0.365 e. The maximum absolute atomic E-state index is 12.5. The lowest BCUT2D eigenvalue weighted by atomic mass is 10.0. The molecule has 1 aromatic heterocycles. The molecule has 0 radical (unpaired) electrons. The third-order valence-corrected chi connectivity index (χ3v) is 12.4. The standard InChI is InChI=1S/C24H41N7O5SSi/c1-24(2,3)38(4,5)35-15-18(25)21(33)36-22(34)19-16-37-23(29-19)31-13-10-17(11-14-31)28-20(32)9-7-6-8-12-27-30-26/h16-18H,6-15,25H2,1-5H3,(H,28,32)/t18-/m0/s1. The molecule has 0 aliphatic carbocycles. The Morgan fingerprint density at radius 2 is 1.97 bits per heavy atom. The number of hydrogen-bond donors (Lipinski definition) is 2. The van der Waals surface area contributed by atoms with Crippen LogP contribution in [0.2, 0.25) is 18.1 Å². The van der Waals surface area contributed by atoms with E-state index in [1.807, 2.05) is 0 Å². The minimum absolute atomic E-state index is 0.00613. The van der Waals surface area contributed by atoms with Crippen LogP contribution in [0.4, 0.5) is 5.13 Å². The van der Waals surface area contributed by atoms with Crippen LogP contribution in [0.15, 0.2) is 10.5 Å². The summed E-state index contributed by atoms with van der Waals surface area (Å²) in [7, 11) is -2.08. The van der Waals surface area contributed by atoms with Gasteiger partial charge in [0.25, 0.3) is 0 Å². The van der Waals surface area contributed by atoms with Crippen molar-refractivity contribution in [3.05, 3.63) is 21.5 Å². The number of unbranched alkanes of at least 4 members (excludes halogenated alkanes) is 2. The van der Waals surface area contributed by atoms with Crippen LogP contribution in [-0.4, -0.2) is 69.5 Å². The minimum Gasteiger partial charge on any atom is -0.415 e. The van der Waals surface area contributed by atoms with E-state index in [2.05, 4.69) is 59.1 Å². The van der Waals surface area contributed by atoms with Gasteiger partial charge < -0.3 is 25.1 Å². The lowest BCUT2D eigenvalue weighted by Crippen LogP contribution is -2.46. The maximum Gasteiger partial charge on any atom is 0.365 e. The van der Waals surface area contributed by atoms with E-state index in [4.69, 9.17) is 20.4 Å². The van der Waals surface area contributed by atoms with Gasteiger partial charge in [-0.3, -0.25) is 4.79 Å².